The fraction of sp³-hybridized carbons (Fsp3) is 0.480. The van der Waals surface area contributed by atoms with Crippen molar-refractivity contribution >= 4 is 35.3 Å². The number of nitrogens with zero attached hydrogens (tertiary/aromatic N) is 6. The van der Waals surface area contributed by atoms with Gasteiger partial charge in [-0.2, -0.15) is 15.0 Å². The number of anilines is 2. The number of Topliss-reactive ketones (excluding diaryl/α,β-unsaturated/α-hetero) is 1. The number of piperazine rings is 1. The molecule has 0 amide bonds. The maximum Gasteiger partial charge on any atom is 0.234 e. The van der Waals surface area contributed by atoms with Gasteiger partial charge in [0.25, 0.3) is 0 Å². The van der Waals surface area contributed by atoms with E-state index in [1.807, 2.05) is 24.3 Å². The van der Waals surface area contributed by atoms with Crippen molar-refractivity contribution in [3.63, 3.8) is 0 Å². The second kappa shape index (κ2) is 10.2. The number of hydrogen-bond donors (Lipinski definition) is 1. The number of nitrogens with one attached hydrogen (secondary N) is 1. The van der Waals surface area contributed by atoms with E-state index in [-0.39, 0.29) is 5.78 Å². The Morgan fingerprint density at radius 3 is 2.53 bits per heavy atom. The minimum Gasteiger partial charge on any atom is -0.338 e. The highest BCUT2D eigenvalue weighted by atomic mass is 32.2. The summed E-state index contributed by atoms with van der Waals surface area (Å²) < 4.78 is 0. The molecule has 2 aliphatic heterocycles. The van der Waals surface area contributed by atoms with Gasteiger partial charge in [-0.05, 0) is 73.8 Å². The Morgan fingerprint density at radius 2 is 1.85 bits per heavy atom. The molecule has 178 valence electrons. The minimum absolute atomic E-state index is 0.162. The second-order valence-corrected chi connectivity index (χ2v) is 10.4. The number of carbonyl (C=O) groups is 1. The number of hydrogen-bond acceptors (Lipinski definition) is 9. The van der Waals surface area contributed by atoms with E-state index in [4.69, 9.17) is 15.0 Å². The smallest absolute Gasteiger partial charge is 0.234 e. The van der Waals surface area contributed by atoms with Gasteiger partial charge in [-0.15, -0.1) is 0 Å². The molecule has 0 spiro atoms. The molecule has 2 aromatic rings. The molecule has 8 nitrogen and oxygen atoms in total. The molecule has 0 atom stereocenters. The van der Waals surface area contributed by atoms with E-state index in [2.05, 4.69) is 33.2 Å². The summed E-state index contributed by atoms with van der Waals surface area (Å²) in [6, 6.07) is 8.02. The van der Waals surface area contributed by atoms with Crippen LogP contribution in [0.5, 0.6) is 0 Å². The maximum absolute atomic E-state index is 11.4. The molecule has 5 rings (SSSR count). The van der Waals surface area contributed by atoms with E-state index in [0.29, 0.717) is 29.4 Å². The Kier molecular flexibility index (Phi) is 6.92. The van der Waals surface area contributed by atoms with E-state index in [1.165, 1.54) is 36.6 Å². The third-order valence-electron chi connectivity index (χ3n) is 6.60. The average Bonchev–Trinajstić information content (AvgIpc) is 3.21. The quantitative estimate of drug-likeness (QED) is 0.649. The van der Waals surface area contributed by atoms with E-state index in [9.17, 15) is 4.79 Å². The van der Waals surface area contributed by atoms with Crippen LogP contribution in [0.15, 0.2) is 51.0 Å². The number of amidine groups is 1. The molecule has 34 heavy (non-hydrogen) atoms. The number of carbonyl (C=O) groups excluding carboxylic acids is 1. The zero-order valence-electron chi connectivity index (χ0n) is 19.8. The van der Waals surface area contributed by atoms with Crippen LogP contribution in [-0.2, 0) is 11.2 Å². The number of aromatic nitrogens is 3. The fourth-order valence-corrected chi connectivity index (χ4v) is 5.07. The van der Waals surface area contributed by atoms with Gasteiger partial charge in [0.15, 0.2) is 5.16 Å². The summed E-state index contributed by atoms with van der Waals surface area (Å²) in [5.41, 5.74) is 2.43. The first-order chi connectivity index (χ1) is 16.5. The van der Waals surface area contributed by atoms with Crippen molar-refractivity contribution in [2.75, 3.05) is 50.0 Å². The van der Waals surface area contributed by atoms with E-state index < -0.39 is 0 Å². The molecule has 0 radical (unpaired) electrons. The molecule has 0 unspecified atom stereocenters. The molecule has 1 N–H and O–H groups in total. The van der Waals surface area contributed by atoms with Crippen molar-refractivity contribution in [1.82, 2.24) is 19.9 Å². The first kappa shape index (κ1) is 23.0. The van der Waals surface area contributed by atoms with Crippen LogP contribution in [0.4, 0.5) is 11.9 Å². The molecule has 0 bridgehead atoms. The Hall–Kier alpha value is -2.78. The van der Waals surface area contributed by atoms with Gasteiger partial charge in [-0.1, -0.05) is 18.6 Å². The van der Waals surface area contributed by atoms with Gasteiger partial charge in [0, 0.05) is 37.5 Å². The Balaban J connectivity index is 1.36. The maximum atomic E-state index is 11.4. The van der Waals surface area contributed by atoms with Crippen LogP contribution in [0, 0.1) is 5.92 Å². The van der Waals surface area contributed by atoms with Gasteiger partial charge in [0.1, 0.15) is 11.6 Å². The molecule has 2 fully saturated rings. The van der Waals surface area contributed by atoms with Crippen LogP contribution < -0.4 is 10.2 Å². The van der Waals surface area contributed by atoms with Crippen LogP contribution in [0.1, 0.15) is 31.7 Å². The van der Waals surface area contributed by atoms with Crippen molar-refractivity contribution in [1.29, 1.82) is 0 Å². The van der Waals surface area contributed by atoms with Crippen LogP contribution in [0.3, 0.4) is 0 Å². The first-order valence-corrected chi connectivity index (χ1v) is 12.8. The Morgan fingerprint density at radius 1 is 1.09 bits per heavy atom. The highest BCUT2D eigenvalue weighted by Crippen LogP contribution is 2.34. The zero-order valence-corrected chi connectivity index (χ0v) is 20.6. The average molecular weight is 478 g/mol. The van der Waals surface area contributed by atoms with Crippen molar-refractivity contribution in [3.8, 4) is 0 Å². The largest absolute Gasteiger partial charge is 0.338 e. The topological polar surface area (TPSA) is 86.6 Å². The lowest BCUT2D eigenvalue weighted by molar-refractivity contribution is -0.116. The molecule has 1 aromatic heterocycles. The van der Waals surface area contributed by atoms with Gasteiger partial charge >= 0.3 is 0 Å². The summed E-state index contributed by atoms with van der Waals surface area (Å²) in [5.74, 6) is 2.92. The highest BCUT2D eigenvalue weighted by Gasteiger charge is 2.25. The van der Waals surface area contributed by atoms with Crippen molar-refractivity contribution in [3.05, 3.63) is 41.5 Å². The van der Waals surface area contributed by atoms with Gasteiger partial charge in [-0.25, -0.2) is 0 Å². The molecular weight excluding hydrogens is 446 g/mol. The van der Waals surface area contributed by atoms with Crippen molar-refractivity contribution in [2.24, 2.45) is 10.9 Å². The number of aliphatic imine (C=N–C) groups is 1. The van der Waals surface area contributed by atoms with Gasteiger partial charge in [0.05, 0.1) is 6.54 Å². The zero-order chi connectivity index (χ0) is 23.5. The summed E-state index contributed by atoms with van der Waals surface area (Å²) in [6.07, 6.45) is 6.50. The van der Waals surface area contributed by atoms with Crippen molar-refractivity contribution in [2.45, 2.75) is 42.7 Å². The summed E-state index contributed by atoms with van der Waals surface area (Å²) in [5, 5.41) is 3.99. The van der Waals surface area contributed by atoms with Crippen LogP contribution in [0.25, 0.3) is 0 Å². The lowest BCUT2D eigenvalue weighted by atomic mass is 9.80. The van der Waals surface area contributed by atoms with Gasteiger partial charge in [0.2, 0.25) is 11.9 Å². The fourth-order valence-electron chi connectivity index (χ4n) is 4.32. The Labute approximate surface area is 205 Å². The van der Waals surface area contributed by atoms with E-state index in [1.54, 1.807) is 6.92 Å². The summed E-state index contributed by atoms with van der Waals surface area (Å²) in [6.45, 7) is 6.12. The molecule has 1 saturated heterocycles. The summed E-state index contributed by atoms with van der Waals surface area (Å²) >= 11 is 1.50. The van der Waals surface area contributed by atoms with Crippen molar-refractivity contribution < 1.29 is 4.79 Å². The SMILES string of the molecule is CC(=O)Cc1ccc(Sc2nc(NC3=NCC(C4CCC4)=C3)nc(N3CCN(C)CC3)n2)cc1. The lowest BCUT2D eigenvalue weighted by Crippen LogP contribution is -2.45. The van der Waals surface area contributed by atoms with Crippen LogP contribution >= 0.6 is 11.8 Å². The monoisotopic (exact) mass is 477 g/mol. The molecule has 1 aromatic carbocycles. The summed E-state index contributed by atoms with van der Waals surface area (Å²) in [4.78, 5) is 35.9. The molecule has 3 aliphatic rings. The van der Waals surface area contributed by atoms with E-state index >= 15 is 0 Å². The molecule has 1 aliphatic carbocycles. The number of rotatable bonds is 7. The standard InChI is InChI=1S/C25H31N7OS/c1-17(33)14-18-6-8-21(9-7-18)34-25-29-23(27-22-15-20(16-26-22)19-4-3-5-19)28-24(30-25)32-12-10-31(2)11-13-32/h6-9,15,19H,3-5,10-14,16H2,1-2H3,(H,26,27,28,29,30). The van der Waals surface area contributed by atoms with Gasteiger partial charge in [-0.3, -0.25) is 9.79 Å². The lowest BCUT2D eigenvalue weighted by Gasteiger charge is -2.32. The first-order valence-electron chi connectivity index (χ1n) is 12.0. The third-order valence-corrected chi connectivity index (χ3v) is 7.47. The second-order valence-electron chi connectivity index (χ2n) is 9.33. The third kappa shape index (κ3) is 5.64. The van der Waals surface area contributed by atoms with Gasteiger partial charge < -0.3 is 15.1 Å². The molecular formula is C25H31N7OS. The summed E-state index contributed by atoms with van der Waals surface area (Å²) in [7, 11) is 2.14. The molecule has 3 heterocycles. The number of ketones is 1. The van der Waals surface area contributed by atoms with Crippen LogP contribution in [-0.4, -0.2) is 71.2 Å². The van der Waals surface area contributed by atoms with E-state index in [0.717, 1.165) is 49.0 Å². The number of benzene rings is 1. The molecule has 9 heteroatoms. The highest BCUT2D eigenvalue weighted by molar-refractivity contribution is 7.99. The minimum atomic E-state index is 0.162. The number of likely N-dealkylation sites (N-methyl/N-ethyl adjacent to an activating group) is 1. The Bertz CT molecular complexity index is 1100. The predicted molar refractivity (Wildman–Crippen MR) is 136 cm³/mol. The molecule has 1 saturated carbocycles. The normalized spacial score (nSPS) is 18.9. The van der Waals surface area contributed by atoms with Crippen LogP contribution in [0.2, 0.25) is 0 Å². The predicted octanol–water partition coefficient (Wildman–Crippen LogP) is 3.46.